The molecule has 1 N–H and O–H groups in total. The molecule has 170 valence electrons. The van der Waals surface area contributed by atoms with Crippen molar-refractivity contribution in [3.8, 4) is 11.5 Å². The van der Waals surface area contributed by atoms with Gasteiger partial charge in [0.15, 0.2) is 17.3 Å². The van der Waals surface area contributed by atoms with E-state index in [0.717, 1.165) is 22.6 Å². The van der Waals surface area contributed by atoms with Crippen molar-refractivity contribution in [2.24, 2.45) is 4.99 Å². The molecule has 1 aromatic heterocycles. The molecule has 8 nitrogen and oxygen atoms in total. The van der Waals surface area contributed by atoms with Crippen LogP contribution in [0.1, 0.15) is 37.8 Å². The number of benzene rings is 2. The van der Waals surface area contributed by atoms with Crippen LogP contribution in [-0.4, -0.2) is 41.9 Å². The first-order valence-electron chi connectivity index (χ1n) is 10.9. The molecular formula is C25H27N5O3. The van der Waals surface area contributed by atoms with Gasteiger partial charge in [-0.3, -0.25) is 10.2 Å². The van der Waals surface area contributed by atoms with Crippen molar-refractivity contribution in [3.05, 3.63) is 65.9 Å². The Balaban J connectivity index is 1.73. The third-order valence-corrected chi connectivity index (χ3v) is 6.10. The molecule has 0 radical (unpaired) electrons. The van der Waals surface area contributed by atoms with Gasteiger partial charge in [0.05, 0.1) is 26.0 Å². The summed E-state index contributed by atoms with van der Waals surface area (Å²) in [5.41, 5.74) is 2.48. The number of amidine groups is 1. The molecule has 2 aliphatic heterocycles. The van der Waals surface area contributed by atoms with Crippen LogP contribution < -0.4 is 19.7 Å². The van der Waals surface area contributed by atoms with Gasteiger partial charge in [-0.05, 0) is 50.6 Å². The number of amides is 2. The number of rotatable bonds is 4. The van der Waals surface area contributed by atoms with Gasteiger partial charge in [0.1, 0.15) is 11.9 Å². The van der Waals surface area contributed by atoms with Crippen LogP contribution in [0.15, 0.2) is 59.7 Å². The lowest BCUT2D eigenvalue weighted by Gasteiger charge is -2.33. The predicted molar refractivity (Wildman–Crippen MR) is 127 cm³/mol. The number of nitrogens with one attached hydrogen (secondary N) is 1. The number of urea groups is 1. The summed E-state index contributed by atoms with van der Waals surface area (Å²) >= 11 is 0. The number of fused-ring (bicyclic) bond motifs is 2. The molecule has 0 spiro atoms. The summed E-state index contributed by atoms with van der Waals surface area (Å²) in [4.78, 5) is 19.8. The number of nitrogens with zero attached hydrogens (tertiary/aromatic N) is 4. The molecule has 8 heteroatoms. The minimum Gasteiger partial charge on any atom is -0.493 e. The van der Waals surface area contributed by atoms with E-state index in [1.807, 2.05) is 59.4 Å². The zero-order chi connectivity index (χ0) is 23.3. The molecule has 5 rings (SSSR count). The number of carbonyl (C=O) groups is 1. The molecule has 3 aromatic rings. The van der Waals surface area contributed by atoms with E-state index in [1.54, 1.807) is 19.1 Å². The number of anilines is 1. The second-order valence-corrected chi connectivity index (χ2v) is 9.18. The van der Waals surface area contributed by atoms with Gasteiger partial charge in [0, 0.05) is 17.2 Å². The molecule has 1 saturated heterocycles. The summed E-state index contributed by atoms with van der Waals surface area (Å²) in [6.45, 7) is 6.25. The van der Waals surface area contributed by atoms with E-state index < -0.39 is 0 Å². The van der Waals surface area contributed by atoms with Gasteiger partial charge in [0.25, 0.3) is 0 Å². The van der Waals surface area contributed by atoms with Crippen LogP contribution in [0.4, 0.5) is 16.3 Å². The number of aliphatic imine (C=N–C) groups is 1. The highest BCUT2D eigenvalue weighted by Crippen LogP contribution is 2.46. The second-order valence-electron chi connectivity index (χ2n) is 9.18. The van der Waals surface area contributed by atoms with E-state index in [-0.39, 0.29) is 23.5 Å². The molecule has 0 saturated carbocycles. The van der Waals surface area contributed by atoms with E-state index in [1.165, 1.54) is 0 Å². The minimum atomic E-state index is -0.344. The molecule has 2 aromatic carbocycles. The largest absolute Gasteiger partial charge is 0.493 e. The highest BCUT2D eigenvalue weighted by atomic mass is 16.5. The van der Waals surface area contributed by atoms with Gasteiger partial charge in [-0.2, -0.15) is 5.10 Å². The van der Waals surface area contributed by atoms with Crippen LogP contribution in [0.5, 0.6) is 11.5 Å². The van der Waals surface area contributed by atoms with E-state index in [2.05, 4.69) is 31.2 Å². The van der Waals surface area contributed by atoms with Gasteiger partial charge in [0.2, 0.25) is 0 Å². The number of carbonyl (C=O) groups excluding carboxylic acids is 1. The number of aromatic nitrogens is 2. The van der Waals surface area contributed by atoms with Crippen molar-refractivity contribution in [2.75, 3.05) is 19.1 Å². The smallest absolute Gasteiger partial charge is 0.328 e. The van der Waals surface area contributed by atoms with Crippen molar-refractivity contribution in [3.63, 3.8) is 0 Å². The minimum absolute atomic E-state index is 0.198. The van der Waals surface area contributed by atoms with Crippen molar-refractivity contribution in [1.29, 1.82) is 0 Å². The molecule has 1 fully saturated rings. The van der Waals surface area contributed by atoms with Gasteiger partial charge >= 0.3 is 6.03 Å². The number of ether oxygens (including phenoxy) is 2. The Morgan fingerprint density at radius 1 is 1.00 bits per heavy atom. The van der Waals surface area contributed by atoms with Gasteiger partial charge in [-0.15, -0.1) is 0 Å². The lowest BCUT2D eigenvalue weighted by atomic mass is 9.83. The number of hydrogen-bond donors (Lipinski definition) is 1. The Kier molecular flexibility index (Phi) is 4.88. The monoisotopic (exact) mass is 445 g/mol. The van der Waals surface area contributed by atoms with Crippen molar-refractivity contribution >= 4 is 23.4 Å². The van der Waals surface area contributed by atoms with E-state index in [0.29, 0.717) is 17.3 Å². The standard InChI is InChI=1S/C25H27N5O3/c1-25(2,3)30-23-17(14-26-30)20(15-11-12-18(32-4)19(13-15)33-5)21-22(27-23)28-24(31)29(21)16-9-7-6-8-10-16/h6-14,20-21H,1-5H3,(H,27,28,31)/t20-,21-/m1/s1. The maximum absolute atomic E-state index is 13.2. The average Bonchev–Trinajstić information content (AvgIpc) is 3.37. The Labute approximate surface area is 192 Å². The fourth-order valence-electron chi connectivity index (χ4n) is 4.63. The molecule has 33 heavy (non-hydrogen) atoms. The van der Waals surface area contributed by atoms with Crippen LogP contribution in [0.3, 0.4) is 0 Å². The Bertz CT molecular complexity index is 1240. The zero-order valence-corrected chi connectivity index (χ0v) is 19.4. The highest BCUT2D eigenvalue weighted by molar-refractivity contribution is 6.18. The number of methoxy groups -OCH3 is 2. The first kappa shape index (κ1) is 21.1. The van der Waals surface area contributed by atoms with E-state index >= 15 is 0 Å². The predicted octanol–water partition coefficient (Wildman–Crippen LogP) is 4.43. The first-order valence-corrected chi connectivity index (χ1v) is 10.9. The zero-order valence-electron chi connectivity index (χ0n) is 19.4. The molecule has 2 atom stereocenters. The van der Waals surface area contributed by atoms with Crippen molar-refractivity contribution in [1.82, 2.24) is 15.1 Å². The first-order chi connectivity index (χ1) is 15.8. The molecule has 2 amide bonds. The summed E-state index contributed by atoms with van der Waals surface area (Å²) in [6, 6.07) is 15.0. The average molecular weight is 446 g/mol. The lowest BCUT2D eigenvalue weighted by molar-refractivity contribution is 0.252. The molecule has 3 heterocycles. The van der Waals surface area contributed by atoms with Crippen LogP contribution >= 0.6 is 0 Å². The molecule has 0 unspecified atom stereocenters. The number of para-hydroxylation sites is 1. The van der Waals surface area contributed by atoms with E-state index in [4.69, 9.17) is 14.5 Å². The summed E-state index contributed by atoms with van der Waals surface area (Å²) < 4.78 is 12.9. The van der Waals surface area contributed by atoms with Crippen LogP contribution in [-0.2, 0) is 5.54 Å². The molecule has 0 bridgehead atoms. The molecular weight excluding hydrogens is 418 g/mol. The summed E-state index contributed by atoms with van der Waals surface area (Å²) in [5, 5.41) is 7.69. The van der Waals surface area contributed by atoms with Crippen molar-refractivity contribution in [2.45, 2.75) is 38.3 Å². The number of hydrogen-bond acceptors (Lipinski definition) is 5. The topological polar surface area (TPSA) is 81.0 Å². The van der Waals surface area contributed by atoms with Crippen LogP contribution in [0, 0.1) is 0 Å². The second kappa shape index (κ2) is 7.65. The Morgan fingerprint density at radius 2 is 1.73 bits per heavy atom. The van der Waals surface area contributed by atoms with Crippen molar-refractivity contribution < 1.29 is 14.3 Å². The quantitative estimate of drug-likeness (QED) is 0.644. The summed E-state index contributed by atoms with van der Waals surface area (Å²) in [6.07, 6.45) is 1.87. The highest BCUT2D eigenvalue weighted by Gasteiger charge is 2.48. The van der Waals surface area contributed by atoms with Gasteiger partial charge < -0.3 is 9.47 Å². The lowest BCUT2D eigenvalue weighted by Crippen LogP contribution is -2.42. The Hall–Kier alpha value is -3.81. The summed E-state index contributed by atoms with van der Waals surface area (Å²) in [7, 11) is 3.24. The molecule has 0 aliphatic carbocycles. The van der Waals surface area contributed by atoms with E-state index in [9.17, 15) is 4.79 Å². The SMILES string of the molecule is COc1ccc([C@@H]2c3cnn(C(C)(C)C)c3N=C3NC(=O)N(c4ccccc4)[C@@H]32)cc1OC. The van der Waals surface area contributed by atoms with Crippen LogP contribution in [0.2, 0.25) is 0 Å². The maximum atomic E-state index is 13.2. The van der Waals surface area contributed by atoms with Crippen LogP contribution in [0.25, 0.3) is 0 Å². The maximum Gasteiger partial charge on any atom is 0.328 e. The van der Waals surface area contributed by atoms with Gasteiger partial charge in [-0.25, -0.2) is 14.5 Å². The normalized spacial score (nSPS) is 19.5. The third-order valence-electron chi connectivity index (χ3n) is 6.10. The van der Waals surface area contributed by atoms with Gasteiger partial charge in [-0.1, -0.05) is 24.3 Å². The molecule has 2 aliphatic rings. The fraction of sp³-hybridized carbons (Fsp3) is 0.320. The summed E-state index contributed by atoms with van der Waals surface area (Å²) in [5.74, 6) is 2.44. The fourth-order valence-corrected chi connectivity index (χ4v) is 4.63. The Morgan fingerprint density at radius 3 is 2.39 bits per heavy atom. The third kappa shape index (κ3) is 3.33.